The molecule has 0 fully saturated rings. The van der Waals surface area contributed by atoms with Gasteiger partial charge in [-0.15, -0.1) is 0 Å². The number of nitrogens with two attached hydrogens (primary N) is 2. The van der Waals surface area contributed by atoms with E-state index in [0.717, 1.165) is 6.42 Å². The molecule has 0 heterocycles. The van der Waals surface area contributed by atoms with Crippen LogP contribution in [0.25, 0.3) is 0 Å². The lowest BCUT2D eigenvalue weighted by Crippen LogP contribution is -2.41. The molecule has 0 aromatic carbocycles. The Balaban J connectivity index is 2.75. The highest BCUT2D eigenvalue weighted by molar-refractivity contribution is 4.45. The monoisotopic (exact) mass is 89.1 g/mol. The molecule has 6 heavy (non-hydrogen) atoms. The van der Waals surface area contributed by atoms with Crippen LogP contribution in [0, 0.1) is 0 Å². The van der Waals surface area contributed by atoms with Crippen molar-refractivity contribution < 1.29 is 0 Å². The molecule has 0 bridgehead atoms. The fourth-order valence-corrected chi connectivity index (χ4v) is 0.118. The molecule has 0 aliphatic rings. The highest BCUT2D eigenvalue weighted by Gasteiger charge is 1.87. The van der Waals surface area contributed by atoms with Crippen LogP contribution in [-0.2, 0) is 0 Å². The summed E-state index contributed by atoms with van der Waals surface area (Å²) in [4.78, 5) is 0. The molecule has 5 N–H and O–H groups in total. The van der Waals surface area contributed by atoms with Gasteiger partial charge in [0, 0.05) is 0 Å². The highest BCUT2D eigenvalue weighted by Crippen LogP contribution is 1.72. The minimum Gasteiger partial charge on any atom is -0.315 e. The molecule has 0 rings (SSSR count). The fourth-order valence-electron chi connectivity index (χ4n) is 0.118. The lowest BCUT2D eigenvalue weighted by molar-refractivity contribution is 0.532. The predicted molar refractivity (Wildman–Crippen MR) is 25.6 cm³/mol. The molecule has 0 aliphatic carbocycles. The van der Waals surface area contributed by atoms with Crippen LogP contribution in [0.4, 0.5) is 0 Å². The molecule has 0 radical (unpaired) electrons. The summed E-state index contributed by atoms with van der Waals surface area (Å²) in [5.74, 6) is 4.91. The van der Waals surface area contributed by atoms with Gasteiger partial charge in [0.15, 0.2) is 0 Å². The fraction of sp³-hybridized carbons (Fsp3) is 1.00. The second-order valence-electron chi connectivity index (χ2n) is 1.18. The molecule has 1 unspecified atom stereocenters. The van der Waals surface area contributed by atoms with Crippen LogP contribution in [0.2, 0.25) is 0 Å². The van der Waals surface area contributed by atoms with Crippen molar-refractivity contribution in [3.63, 3.8) is 0 Å². The lowest BCUT2D eigenvalue weighted by atomic mass is 10.4. The van der Waals surface area contributed by atoms with Crippen molar-refractivity contribution in [2.45, 2.75) is 19.5 Å². The normalized spacial score (nSPS) is 14.5. The first-order chi connectivity index (χ1) is 2.81. The van der Waals surface area contributed by atoms with E-state index in [0.29, 0.717) is 0 Å². The molecule has 0 spiro atoms. The maximum absolute atomic E-state index is 5.24. The Labute approximate surface area is 37.7 Å². The standard InChI is InChI=1S/C3H11N3/c1-2-3(4)6-5/h3,6H,2,4-5H2,1H3. The smallest absolute Gasteiger partial charge is 0.0673 e. The second kappa shape index (κ2) is 3.08. The van der Waals surface area contributed by atoms with E-state index >= 15 is 0 Å². The van der Waals surface area contributed by atoms with Gasteiger partial charge in [0.2, 0.25) is 0 Å². The van der Waals surface area contributed by atoms with E-state index in [1.165, 1.54) is 0 Å². The Bertz CT molecular complexity index is 25.2. The third-order valence-corrected chi connectivity index (χ3v) is 0.654. The Morgan fingerprint density at radius 2 is 2.33 bits per heavy atom. The van der Waals surface area contributed by atoms with Gasteiger partial charge < -0.3 is 5.73 Å². The van der Waals surface area contributed by atoms with E-state index < -0.39 is 0 Å². The molecule has 0 saturated carbocycles. The summed E-state index contributed by atoms with van der Waals surface area (Å²) in [6, 6.07) is 0. The van der Waals surface area contributed by atoms with Gasteiger partial charge in [0.25, 0.3) is 0 Å². The van der Waals surface area contributed by atoms with Crippen LogP contribution in [-0.4, -0.2) is 6.17 Å². The van der Waals surface area contributed by atoms with E-state index in [-0.39, 0.29) is 6.17 Å². The summed E-state index contributed by atoms with van der Waals surface area (Å²) >= 11 is 0. The summed E-state index contributed by atoms with van der Waals surface area (Å²) in [6.07, 6.45) is 0.834. The number of nitrogens with one attached hydrogen (secondary N) is 1. The average Bonchev–Trinajstić information content (AvgIpc) is 1.65. The molecule has 0 aliphatic heterocycles. The van der Waals surface area contributed by atoms with E-state index in [1.807, 2.05) is 6.92 Å². The Morgan fingerprint density at radius 1 is 1.83 bits per heavy atom. The molecule has 0 aromatic heterocycles. The van der Waals surface area contributed by atoms with Crippen LogP contribution >= 0.6 is 0 Å². The number of rotatable bonds is 2. The molecule has 0 aromatic rings. The summed E-state index contributed by atoms with van der Waals surface area (Å²) < 4.78 is 0. The molecular formula is C3H11N3. The van der Waals surface area contributed by atoms with Gasteiger partial charge >= 0.3 is 0 Å². The summed E-state index contributed by atoms with van der Waals surface area (Å²) in [6.45, 7) is 1.96. The Kier molecular flexibility index (Phi) is 3.02. The minimum atomic E-state index is -0.0370. The van der Waals surface area contributed by atoms with Gasteiger partial charge in [0.1, 0.15) is 0 Å². The third-order valence-electron chi connectivity index (χ3n) is 0.654. The van der Waals surface area contributed by atoms with Gasteiger partial charge in [0.05, 0.1) is 6.17 Å². The van der Waals surface area contributed by atoms with Gasteiger partial charge in [-0.3, -0.25) is 5.84 Å². The second-order valence-corrected chi connectivity index (χ2v) is 1.18. The number of hydrogen-bond acceptors (Lipinski definition) is 3. The van der Waals surface area contributed by atoms with Gasteiger partial charge in [-0.05, 0) is 6.42 Å². The van der Waals surface area contributed by atoms with Gasteiger partial charge in [-0.1, -0.05) is 6.92 Å². The summed E-state index contributed by atoms with van der Waals surface area (Å²) in [5.41, 5.74) is 7.63. The van der Waals surface area contributed by atoms with Crippen molar-refractivity contribution >= 4 is 0 Å². The zero-order valence-corrected chi connectivity index (χ0v) is 3.94. The minimum absolute atomic E-state index is 0.0370. The van der Waals surface area contributed by atoms with Crippen LogP contribution < -0.4 is 17.0 Å². The lowest BCUT2D eigenvalue weighted by Gasteiger charge is -2.02. The molecule has 3 heteroatoms. The zero-order valence-electron chi connectivity index (χ0n) is 3.94. The van der Waals surface area contributed by atoms with E-state index in [1.54, 1.807) is 0 Å². The zero-order chi connectivity index (χ0) is 4.99. The third kappa shape index (κ3) is 2.14. The first-order valence-electron chi connectivity index (χ1n) is 2.03. The van der Waals surface area contributed by atoms with Gasteiger partial charge in [-0.2, -0.15) is 0 Å². The first kappa shape index (κ1) is 5.88. The topological polar surface area (TPSA) is 64.1 Å². The van der Waals surface area contributed by atoms with Crippen molar-refractivity contribution in [1.29, 1.82) is 0 Å². The SMILES string of the molecule is CCC(N)NN. The average molecular weight is 89.1 g/mol. The molecular weight excluding hydrogens is 78.1 g/mol. The summed E-state index contributed by atoms with van der Waals surface area (Å²) in [5, 5.41) is 0. The van der Waals surface area contributed by atoms with Crippen molar-refractivity contribution in [2.24, 2.45) is 11.6 Å². The maximum Gasteiger partial charge on any atom is 0.0673 e. The molecule has 0 amide bonds. The number of hydrazine groups is 1. The first-order valence-corrected chi connectivity index (χ1v) is 2.03. The Hall–Kier alpha value is -0.120. The van der Waals surface area contributed by atoms with Crippen molar-refractivity contribution in [1.82, 2.24) is 5.43 Å². The largest absolute Gasteiger partial charge is 0.315 e. The maximum atomic E-state index is 5.24. The van der Waals surface area contributed by atoms with Crippen molar-refractivity contribution in [3.8, 4) is 0 Å². The molecule has 1 atom stereocenters. The molecule has 38 valence electrons. The predicted octanol–water partition coefficient (Wildman–Crippen LogP) is -0.855. The van der Waals surface area contributed by atoms with Crippen LogP contribution in [0.5, 0.6) is 0 Å². The van der Waals surface area contributed by atoms with Crippen LogP contribution in [0.3, 0.4) is 0 Å². The van der Waals surface area contributed by atoms with Gasteiger partial charge in [-0.25, -0.2) is 5.43 Å². The quantitative estimate of drug-likeness (QED) is 0.234. The summed E-state index contributed by atoms with van der Waals surface area (Å²) in [7, 11) is 0. The van der Waals surface area contributed by atoms with E-state index in [4.69, 9.17) is 11.6 Å². The Morgan fingerprint density at radius 3 is 2.33 bits per heavy atom. The molecule has 0 saturated heterocycles. The molecule has 3 nitrogen and oxygen atoms in total. The van der Waals surface area contributed by atoms with Crippen LogP contribution in [0.1, 0.15) is 13.3 Å². The van der Waals surface area contributed by atoms with Crippen molar-refractivity contribution in [2.75, 3.05) is 0 Å². The van der Waals surface area contributed by atoms with E-state index in [2.05, 4.69) is 5.43 Å². The van der Waals surface area contributed by atoms with Crippen LogP contribution in [0.15, 0.2) is 0 Å². The van der Waals surface area contributed by atoms with Crippen molar-refractivity contribution in [3.05, 3.63) is 0 Å². The highest BCUT2D eigenvalue weighted by atomic mass is 15.3. The van der Waals surface area contributed by atoms with E-state index in [9.17, 15) is 0 Å². The number of hydrogen-bond donors (Lipinski definition) is 3.